The van der Waals surface area contributed by atoms with Crippen LogP contribution >= 0.6 is 0 Å². The normalized spacial score (nSPS) is 10.4. The number of nitriles is 1. The molecule has 0 aliphatic heterocycles. The molecule has 1 aromatic heterocycles. The zero-order valence-corrected chi connectivity index (χ0v) is 10.7. The predicted molar refractivity (Wildman–Crippen MR) is 70.5 cm³/mol. The Morgan fingerprint density at radius 3 is 2.63 bits per heavy atom. The van der Waals surface area contributed by atoms with Crippen LogP contribution in [0.1, 0.15) is 16.7 Å². The standard InChI is InChI=1S/C15H14FN3/c1-19(10-12-4-6-18-7-5-12)11-14-8-13(9-17)2-3-15(14)16/h2-8H,10-11H2,1H3. The summed E-state index contributed by atoms with van der Waals surface area (Å²) in [6, 6.07) is 10.3. The molecule has 0 aliphatic carbocycles. The van der Waals surface area contributed by atoms with Gasteiger partial charge in [0.2, 0.25) is 0 Å². The number of aromatic nitrogens is 1. The van der Waals surface area contributed by atoms with Crippen molar-refractivity contribution in [2.45, 2.75) is 13.1 Å². The Hall–Kier alpha value is -2.25. The van der Waals surface area contributed by atoms with E-state index in [1.165, 1.54) is 12.1 Å². The number of hydrogen-bond donors (Lipinski definition) is 0. The van der Waals surface area contributed by atoms with Gasteiger partial charge < -0.3 is 0 Å². The first-order chi connectivity index (χ1) is 9.19. The Morgan fingerprint density at radius 2 is 1.95 bits per heavy atom. The van der Waals surface area contributed by atoms with E-state index in [1.807, 2.05) is 30.1 Å². The van der Waals surface area contributed by atoms with Crippen molar-refractivity contribution >= 4 is 0 Å². The van der Waals surface area contributed by atoms with Gasteiger partial charge in [-0.15, -0.1) is 0 Å². The van der Waals surface area contributed by atoms with Crippen LogP contribution in [0.15, 0.2) is 42.7 Å². The Balaban J connectivity index is 2.07. The summed E-state index contributed by atoms with van der Waals surface area (Å²) in [5, 5.41) is 8.83. The number of hydrogen-bond acceptors (Lipinski definition) is 3. The second-order valence-electron chi connectivity index (χ2n) is 4.45. The van der Waals surface area contributed by atoms with E-state index in [1.54, 1.807) is 18.5 Å². The number of halogens is 1. The van der Waals surface area contributed by atoms with Crippen LogP contribution in [0.5, 0.6) is 0 Å². The second-order valence-corrected chi connectivity index (χ2v) is 4.45. The number of pyridine rings is 1. The molecule has 0 radical (unpaired) electrons. The molecule has 96 valence electrons. The Labute approximate surface area is 111 Å². The van der Waals surface area contributed by atoms with E-state index >= 15 is 0 Å². The van der Waals surface area contributed by atoms with Crippen molar-refractivity contribution in [3.05, 3.63) is 65.2 Å². The van der Waals surface area contributed by atoms with Gasteiger partial charge in [-0.25, -0.2) is 4.39 Å². The van der Waals surface area contributed by atoms with Gasteiger partial charge in [0, 0.05) is 31.0 Å². The van der Waals surface area contributed by atoms with Gasteiger partial charge in [-0.05, 0) is 42.9 Å². The SMILES string of the molecule is CN(Cc1ccncc1)Cc1cc(C#N)ccc1F. The average Bonchev–Trinajstić information content (AvgIpc) is 2.42. The van der Waals surface area contributed by atoms with Crippen LogP contribution in [0, 0.1) is 17.1 Å². The molecule has 0 saturated heterocycles. The molecule has 0 unspecified atom stereocenters. The fraction of sp³-hybridized carbons (Fsp3) is 0.200. The average molecular weight is 255 g/mol. The van der Waals surface area contributed by atoms with Crippen molar-refractivity contribution in [1.29, 1.82) is 5.26 Å². The van der Waals surface area contributed by atoms with Crippen LogP contribution in [0.4, 0.5) is 4.39 Å². The summed E-state index contributed by atoms with van der Waals surface area (Å²) in [7, 11) is 1.92. The molecule has 2 aromatic rings. The van der Waals surface area contributed by atoms with Crippen LogP contribution in [-0.4, -0.2) is 16.9 Å². The lowest BCUT2D eigenvalue weighted by Crippen LogP contribution is -2.18. The summed E-state index contributed by atoms with van der Waals surface area (Å²) in [6.45, 7) is 1.17. The van der Waals surface area contributed by atoms with Gasteiger partial charge in [-0.2, -0.15) is 5.26 Å². The molecule has 19 heavy (non-hydrogen) atoms. The van der Waals surface area contributed by atoms with E-state index < -0.39 is 0 Å². The molecule has 0 N–H and O–H groups in total. The number of nitrogens with zero attached hydrogens (tertiary/aromatic N) is 3. The minimum atomic E-state index is -0.277. The van der Waals surface area contributed by atoms with Crippen molar-refractivity contribution in [2.75, 3.05) is 7.05 Å². The van der Waals surface area contributed by atoms with Gasteiger partial charge in [0.05, 0.1) is 11.6 Å². The summed E-state index contributed by atoms with van der Waals surface area (Å²) < 4.78 is 13.7. The van der Waals surface area contributed by atoms with Crippen molar-refractivity contribution in [3.8, 4) is 6.07 Å². The van der Waals surface area contributed by atoms with Gasteiger partial charge >= 0.3 is 0 Å². The molecule has 3 nitrogen and oxygen atoms in total. The molecule has 4 heteroatoms. The minimum Gasteiger partial charge on any atom is -0.298 e. The van der Waals surface area contributed by atoms with Crippen LogP contribution < -0.4 is 0 Å². The third-order valence-electron chi connectivity index (χ3n) is 2.82. The lowest BCUT2D eigenvalue weighted by molar-refractivity contribution is 0.313. The Bertz CT molecular complexity index is 590. The van der Waals surface area contributed by atoms with Crippen molar-refractivity contribution in [3.63, 3.8) is 0 Å². The first-order valence-corrected chi connectivity index (χ1v) is 5.95. The monoisotopic (exact) mass is 255 g/mol. The smallest absolute Gasteiger partial charge is 0.127 e. The highest BCUT2D eigenvalue weighted by Gasteiger charge is 2.07. The summed E-state index contributed by atoms with van der Waals surface area (Å²) in [5.74, 6) is -0.277. The number of rotatable bonds is 4. The summed E-state index contributed by atoms with van der Waals surface area (Å²) in [4.78, 5) is 5.95. The lowest BCUT2D eigenvalue weighted by atomic mass is 10.1. The van der Waals surface area contributed by atoms with E-state index in [2.05, 4.69) is 4.98 Å². The van der Waals surface area contributed by atoms with Gasteiger partial charge in [-0.3, -0.25) is 9.88 Å². The zero-order valence-electron chi connectivity index (χ0n) is 10.7. The first kappa shape index (κ1) is 13.2. The molecule has 2 rings (SSSR count). The molecule has 0 spiro atoms. The predicted octanol–water partition coefficient (Wildman–Crippen LogP) is 2.72. The third-order valence-corrected chi connectivity index (χ3v) is 2.82. The third kappa shape index (κ3) is 3.60. The van der Waals surface area contributed by atoms with E-state index in [9.17, 15) is 4.39 Å². The fourth-order valence-corrected chi connectivity index (χ4v) is 1.91. The molecule has 0 amide bonds. The van der Waals surface area contributed by atoms with Crippen molar-refractivity contribution in [1.82, 2.24) is 9.88 Å². The van der Waals surface area contributed by atoms with Gasteiger partial charge in [-0.1, -0.05) is 0 Å². The first-order valence-electron chi connectivity index (χ1n) is 5.95. The molecule has 0 atom stereocenters. The number of benzene rings is 1. The van der Waals surface area contributed by atoms with Crippen molar-refractivity contribution in [2.24, 2.45) is 0 Å². The lowest BCUT2D eigenvalue weighted by Gasteiger charge is -2.17. The maximum atomic E-state index is 13.7. The quantitative estimate of drug-likeness (QED) is 0.843. The molecule has 0 bridgehead atoms. The van der Waals surface area contributed by atoms with Crippen LogP contribution in [0.2, 0.25) is 0 Å². The highest BCUT2D eigenvalue weighted by molar-refractivity contribution is 5.33. The van der Waals surface area contributed by atoms with Crippen LogP contribution in [0.3, 0.4) is 0 Å². The van der Waals surface area contributed by atoms with Crippen LogP contribution in [0.25, 0.3) is 0 Å². The maximum absolute atomic E-state index is 13.7. The molecule has 0 fully saturated rings. The maximum Gasteiger partial charge on any atom is 0.127 e. The van der Waals surface area contributed by atoms with Gasteiger partial charge in [0.1, 0.15) is 5.82 Å². The molecular formula is C15H14FN3. The molecule has 0 saturated carbocycles. The summed E-state index contributed by atoms with van der Waals surface area (Å²) in [6.07, 6.45) is 3.47. The van der Waals surface area contributed by atoms with Crippen LogP contribution in [-0.2, 0) is 13.1 Å². The molecular weight excluding hydrogens is 241 g/mol. The van der Waals surface area contributed by atoms with Crippen molar-refractivity contribution < 1.29 is 4.39 Å². The largest absolute Gasteiger partial charge is 0.298 e. The highest BCUT2D eigenvalue weighted by Crippen LogP contribution is 2.13. The highest BCUT2D eigenvalue weighted by atomic mass is 19.1. The topological polar surface area (TPSA) is 39.9 Å². The van der Waals surface area contributed by atoms with Gasteiger partial charge in [0.15, 0.2) is 0 Å². The fourth-order valence-electron chi connectivity index (χ4n) is 1.91. The van der Waals surface area contributed by atoms with E-state index in [-0.39, 0.29) is 5.82 Å². The minimum absolute atomic E-state index is 0.277. The van der Waals surface area contributed by atoms with E-state index in [0.29, 0.717) is 24.2 Å². The summed E-state index contributed by atoms with van der Waals surface area (Å²) in [5.41, 5.74) is 2.14. The molecule has 1 heterocycles. The molecule has 1 aromatic carbocycles. The zero-order chi connectivity index (χ0) is 13.7. The second kappa shape index (κ2) is 6.07. The van der Waals surface area contributed by atoms with Gasteiger partial charge in [0.25, 0.3) is 0 Å². The van der Waals surface area contributed by atoms with E-state index in [4.69, 9.17) is 5.26 Å². The molecule has 0 aliphatic rings. The van der Waals surface area contributed by atoms with E-state index in [0.717, 1.165) is 5.56 Å². The summed E-state index contributed by atoms with van der Waals surface area (Å²) >= 11 is 0. The Kier molecular flexibility index (Phi) is 4.22. The Morgan fingerprint density at radius 1 is 1.21 bits per heavy atom.